The average molecular weight is 2460 g/mol. The van der Waals surface area contributed by atoms with Crippen molar-refractivity contribution in [2.75, 3.05) is 0 Å². The fourth-order valence-corrected chi connectivity index (χ4v) is 565. The molecule has 0 rings (SSSR count). The molecule has 0 aromatic carbocycles. The summed E-state index contributed by atoms with van der Waals surface area (Å²) in [4.78, 5) is 0. The summed E-state index contributed by atoms with van der Waals surface area (Å²) in [6, 6.07) is 0. The molecule has 0 atom stereocenters. The van der Waals surface area contributed by atoms with Crippen molar-refractivity contribution >= 4 is 703 Å². The molecule has 464 valence electrons. The average Bonchev–Trinajstić information content (AvgIpc) is 3.18. The van der Waals surface area contributed by atoms with Gasteiger partial charge in [-0.05, 0) is 559 Å². The van der Waals surface area contributed by atoms with E-state index in [-0.39, 0.29) is 0 Å². The monoisotopic (exact) mass is 2450 g/mol. The third-order valence-electron chi connectivity index (χ3n) is 6.00. The highest BCUT2D eigenvalue weighted by Crippen LogP contribution is 2.45. The van der Waals surface area contributed by atoms with Crippen LogP contribution >= 0.6 is 11.7 Å². The van der Waals surface area contributed by atoms with Crippen LogP contribution in [0.3, 0.4) is 0 Å². The van der Waals surface area contributed by atoms with E-state index in [2.05, 4.69) is 11.7 Å². The lowest BCUT2D eigenvalue weighted by atomic mass is 18.9. The molecule has 77 heteroatoms. The second-order valence-electron chi connectivity index (χ2n) is 10.2. The standard InChI is InChI=1S/FHS76/c1-53(2,3)55(7,8)57(11,12)59(15,16)61(19,20)63(23,24)65(27,28)67(31,32)69(35,36)71(39,40)73(43,44)75(47,48)77(51,52)76(49,50)74(45,46)72(41,42)70(37,38)68(33,34)66(29,30)64(25,26)62(21,22)60(17,18)58(13,14)56(9,10)54(4,5)6/h(H,4,5,6). The maximum atomic E-state index is 15.4. The van der Waals surface area contributed by atoms with Gasteiger partial charge in [0.15, 0.2) is 0 Å². The van der Waals surface area contributed by atoms with Gasteiger partial charge in [-0.1, -0.05) is 11.7 Å². The minimum Gasteiger partial charge on any atom is -0.147 e. The Morgan fingerprint density at radius 2 is 0.195 bits per heavy atom. The Labute approximate surface area is 685 Å². The lowest BCUT2D eigenvalue weighted by Crippen LogP contribution is -2.40. The molecule has 0 saturated heterocycles. The maximum Gasteiger partial charge on any atom is 0.131 e. The first-order chi connectivity index (χ1) is 32.0. The van der Waals surface area contributed by atoms with Crippen molar-refractivity contribution in [2.45, 2.75) is 0 Å². The largest absolute Gasteiger partial charge is 0.147 e. The third-order valence-corrected chi connectivity index (χ3v) is 482. The number of hydrogen-bond donors (Lipinski definition) is 1. The Balaban J connectivity index is 8.69. The molecule has 77 heavy (non-hydrogen) atoms. The van der Waals surface area contributed by atoms with E-state index in [1.54, 1.807) is 0 Å². The molecule has 0 fully saturated rings. The van der Waals surface area contributed by atoms with Crippen LogP contribution in [0.15, 0.2) is 0 Å². The van der Waals surface area contributed by atoms with Gasteiger partial charge < -0.3 is 0 Å². The molecule has 0 spiro atoms. The Morgan fingerprint density at radius 3 is 0.260 bits per heavy atom. The summed E-state index contributed by atoms with van der Waals surface area (Å²) in [5, 5.41) is -93.2. The summed E-state index contributed by atoms with van der Waals surface area (Å²) in [5.41, 5.74) is 0. The maximum absolute atomic E-state index is 15.4. The van der Waals surface area contributed by atoms with E-state index in [0.29, 0.717) is 0 Å². The normalized spacial score (nSPS) is 17.0. The van der Waals surface area contributed by atoms with Crippen molar-refractivity contribution in [1.29, 1.82) is 0 Å². The van der Waals surface area contributed by atoms with Crippen molar-refractivity contribution in [3.63, 3.8) is 0 Å². The highest BCUT2D eigenvalue weighted by Gasteiger charge is 2.48. The van der Waals surface area contributed by atoms with Gasteiger partial charge in [0.25, 0.3) is 0 Å². The van der Waals surface area contributed by atoms with Crippen molar-refractivity contribution in [1.82, 2.24) is 0 Å². The van der Waals surface area contributed by atoms with Gasteiger partial charge in [-0.15, -0.1) is 3.89 Å². The number of hydrogen-bond acceptors (Lipinski definition) is 50. The van der Waals surface area contributed by atoms with E-state index < -0.39 is 132 Å². The molecule has 0 unspecified atom stereocenters. The number of halogens is 1. The minimum absolute atomic E-state index is 3.01. The van der Waals surface area contributed by atoms with Crippen LogP contribution in [0.2, 0.25) is 0 Å². The summed E-state index contributed by atoms with van der Waals surface area (Å²) in [7, 11) is 0. The zero-order valence-corrected chi connectivity index (χ0v) is 93.6. The molecular formula is HFS76. The summed E-state index contributed by atoms with van der Waals surface area (Å²) >= 11 is 299. The molecule has 0 amide bonds. The van der Waals surface area contributed by atoms with Gasteiger partial charge in [-0.25, -0.2) is 0 Å². The van der Waals surface area contributed by atoms with E-state index in [1.807, 2.05) is 0 Å². The van der Waals surface area contributed by atoms with Crippen LogP contribution in [0, 0.1) is 0 Å². The molecule has 0 radical (unpaired) electrons. The van der Waals surface area contributed by atoms with E-state index in [0.717, 1.165) is 0 Å². The van der Waals surface area contributed by atoms with Gasteiger partial charge in [-0.2, -0.15) is 0 Å². The molecule has 0 aromatic heterocycles. The predicted octanol–water partition coefficient (Wildman–Crippen LogP) is 0.621. The molecule has 0 saturated carbocycles. The van der Waals surface area contributed by atoms with Crippen LogP contribution < -0.4 is 0 Å². The Morgan fingerprint density at radius 1 is 0.130 bits per heavy atom. The lowest BCUT2D eigenvalue weighted by molar-refractivity contribution is 0.944. The quantitative estimate of drug-likeness (QED) is 0.0817. The summed E-state index contributed by atoms with van der Waals surface area (Å²) in [6.07, 6.45) is 0. The molecule has 0 N–H and O–H groups in total. The second-order valence-corrected chi connectivity index (χ2v) is 272. The van der Waals surface area contributed by atoms with Crippen LogP contribution in [0.1, 0.15) is 0 Å². The van der Waals surface area contributed by atoms with E-state index >= 15 is 3.89 Å². The molecule has 0 nitrogen and oxygen atoms in total. The Bertz CT molecular complexity index is 5400. The molecule has 0 aliphatic rings. The zero-order valence-electron chi connectivity index (χ0n) is 31.4. The molecule has 0 bridgehead atoms. The minimum atomic E-state index is -4.20. The van der Waals surface area contributed by atoms with Crippen LogP contribution in [0.5, 0.6) is 0 Å². The van der Waals surface area contributed by atoms with Crippen molar-refractivity contribution in [3.05, 3.63) is 0 Å². The molecule has 0 aliphatic carbocycles. The fraction of sp³-hybridized carbons (Fsp3) is 0. The third kappa shape index (κ3) is 15.2. The van der Waals surface area contributed by atoms with Crippen molar-refractivity contribution in [3.8, 4) is 0 Å². The second kappa shape index (κ2) is 30.0. The van der Waals surface area contributed by atoms with Gasteiger partial charge >= 0.3 is 0 Å². The highest BCUT2D eigenvalue weighted by atomic mass is 34.5. The topological polar surface area (TPSA) is 0 Å². The first-order valence-corrected chi connectivity index (χ1v) is 113. The van der Waals surface area contributed by atoms with E-state index in [9.17, 15) is 0 Å². The summed E-state index contributed by atoms with van der Waals surface area (Å²) in [6.45, 7) is -4.20. The lowest BCUT2D eigenvalue weighted by Gasteiger charge is -2.37. The fourth-order valence-electron chi connectivity index (χ4n) is 2.35. The molecular weight excluding hydrogens is 2460 g/mol. The first kappa shape index (κ1) is 97.0. The van der Waals surface area contributed by atoms with Crippen LogP contribution in [0.25, 0.3) is 0 Å². The van der Waals surface area contributed by atoms with Gasteiger partial charge in [-0.3, -0.25) is 0 Å². The van der Waals surface area contributed by atoms with E-state index in [1.165, 1.54) is 0 Å². The van der Waals surface area contributed by atoms with Gasteiger partial charge in [0, 0.05) is 120 Å². The zero-order chi connectivity index (χ0) is 64.5. The van der Waals surface area contributed by atoms with Crippen LogP contribution in [-0.4, -0.2) is 0 Å². The smallest absolute Gasteiger partial charge is 0.131 e. The van der Waals surface area contributed by atoms with Crippen LogP contribution in [0.4, 0.5) is 3.89 Å². The summed E-state index contributed by atoms with van der Waals surface area (Å²) < 4.78 is 15.4. The highest BCUT2D eigenvalue weighted by molar-refractivity contribution is 9.81. The Kier molecular flexibility index (Phi) is 37.8. The van der Waals surface area contributed by atoms with Gasteiger partial charge in [0.2, 0.25) is 0 Å². The van der Waals surface area contributed by atoms with E-state index in [4.69, 9.17) is 559 Å². The molecule has 0 aliphatic heterocycles. The van der Waals surface area contributed by atoms with Crippen molar-refractivity contribution in [2.24, 2.45) is 0 Å². The predicted molar refractivity (Wildman–Crippen MR) is 562 cm³/mol. The summed E-state index contributed by atoms with van der Waals surface area (Å²) in [5.74, 6) is 0. The molecule has 0 aromatic rings. The van der Waals surface area contributed by atoms with Gasteiger partial charge in [0.05, 0.1) is 5.21 Å². The number of thiol groups is 1. The van der Waals surface area contributed by atoms with Crippen LogP contribution in [-0.2, 0) is 691 Å². The van der Waals surface area contributed by atoms with Gasteiger partial charge in [0.1, 0.15) is 6.56 Å². The first-order valence-electron chi connectivity index (χ1n) is 12.7. The molecule has 0 heterocycles. The SMILES string of the molecule is FS(=S)(=S)S(=S)(=S)S(=S)(=S)S(=S)(=S)S(=S)(=S)S(=S)(=S)S(=S)(=S)S(=S)(=S)S(=S)(=S)S(=S)(=S)S(=S)(=S)S(=S)(=S)S(=S)(=S)S(=S)(=S)S(=S)(=S)S(=S)(=S)S(=S)(=S)S(=S)(=S)S(=S)(=S)S(=S)(=S)S(=S)(=S)S(=S)(=S)S(=S)(=S)S(=S)(=S)S(=S)(=S)S. The Hall–Kier alpha value is 20.0. The van der Waals surface area contributed by atoms with Crippen molar-refractivity contribution < 1.29 is 3.89 Å². The number of rotatable bonds is 24.